The topological polar surface area (TPSA) is 72.0 Å². The van der Waals surface area contributed by atoms with Crippen molar-refractivity contribution in [2.45, 2.75) is 19.9 Å². The Balaban J connectivity index is 2.07. The van der Waals surface area contributed by atoms with E-state index < -0.39 is 0 Å². The van der Waals surface area contributed by atoms with Gasteiger partial charge in [-0.15, -0.1) is 22.0 Å². The fourth-order valence-electron chi connectivity index (χ4n) is 2.52. The summed E-state index contributed by atoms with van der Waals surface area (Å²) in [7, 11) is 4.01. The molecule has 0 fully saturated rings. The van der Waals surface area contributed by atoms with Crippen molar-refractivity contribution in [3.8, 4) is 0 Å². The van der Waals surface area contributed by atoms with Gasteiger partial charge in [-0.05, 0) is 19.0 Å². The number of nitrogens with zero attached hydrogens (tertiary/aromatic N) is 3. The van der Waals surface area contributed by atoms with Gasteiger partial charge in [0, 0.05) is 31.9 Å². The maximum Gasteiger partial charge on any atom is 0.221 e. The molecule has 3 rings (SSSR count). The lowest BCUT2D eigenvalue weighted by Crippen LogP contribution is -2.38. The molecule has 1 amide bonds. The number of hydrogen-bond acceptors (Lipinski definition) is 7. The molecule has 0 radical (unpaired) electrons. The fourth-order valence-corrected chi connectivity index (χ4v) is 3.89. The Bertz CT molecular complexity index is 581. The predicted octanol–water partition coefficient (Wildman–Crippen LogP) is 0.311. The van der Waals surface area contributed by atoms with Crippen LogP contribution >= 0.6 is 11.3 Å². The molecule has 8 heteroatoms. The van der Waals surface area contributed by atoms with E-state index >= 15 is 0 Å². The first kappa shape index (κ1) is 13.3. The largest absolute Gasteiger partial charge is 0.317 e. The highest BCUT2D eigenvalue weighted by molar-refractivity contribution is 7.17. The quantitative estimate of drug-likeness (QED) is 0.732. The molecule has 0 saturated heterocycles. The number of rotatable bonds is 2. The normalized spacial score (nSPS) is 18.6. The first-order chi connectivity index (χ1) is 9.56. The number of amides is 1. The molecule has 3 heterocycles. The molecule has 0 aliphatic carbocycles. The number of anilines is 1. The lowest BCUT2D eigenvalue weighted by atomic mass is 10.0. The molecule has 1 aromatic heterocycles. The smallest absolute Gasteiger partial charge is 0.221 e. The van der Waals surface area contributed by atoms with E-state index in [9.17, 15) is 4.79 Å². The number of carbonyl (C=O) groups excluding carboxylic acids is 1. The number of hydrogen-bond donors (Lipinski definition) is 3. The zero-order valence-corrected chi connectivity index (χ0v) is 12.6. The summed E-state index contributed by atoms with van der Waals surface area (Å²) in [6.07, 6.45) is 0.976. The van der Waals surface area contributed by atoms with Gasteiger partial charge in [0.05, 0.1) is 5.56 Å². The SMILES string of the molecule is CC(=O)Nc1sc2c(c1C1=NNNN1C)CCN(C)C2. The standard InChI is InChI=1S/C12H18N6OS/c1-7(19)13-12-10(11-14-15-16-18(11)3)8-4-5-17(2)6-9(8)20-12/h15-16H,4-6H2,1-3H3,(H,13,19). The lowest BCUT2D eigenvalue weighted by Gasteiger charge is -2.23. The number of carbonyl (C=O) groups is 1. The summed E-state index contributed by atoms with van der Waals surface area (Å²) in [6.45, 7) is 3.48. The highest BCUT2D eigenvalue weighted by atomic mass is 32.1. The summed E-state index contributed by atoms with van der Waals surface area (Å²) < 4.78 is 0. The molecule has 0 saturated carbocycles. The Hall–Kier alpha value is -1.64. The van der Waals surface area contributed by atoms with Crippen LogP contribution in [0.3, 0.4) is 0 Å². The van der Waals surface area contributed by atoms with Crippen LogP contribution in [0.15, 0.2) is 5.10 Å². The van der Waals surface area contributed by atoms with Crippen molar-refractivity contribution in [2.75, 3.05) is 26.0 Å². The molecule has 0 aromatic carbocycles. The highest BCUT2D eigenvalue weighted by Crippen LogP contribution is 2.37. The van der Waals surface area contributed by atoms with Gasteiger partial charge >= 0.3 is 0 Å². The predicted molar refractivity (Wildman–Crippen MR) is 79.2 cm³/mol. The van der Waals surface area contributed by atoms with Crippen molar-refractivity contribution in [3.63, 3.8) is 0 Å². The van der Waals surface area contributed by atoms with Crippen molar-refractivity contribution < 1.29 is 4.79 Å². The summed E-state index contributed by atoms with van der Waals surface area (Å²) in [6, 6.07) is 0. The minimum atomic E-state index is -0.0552. The first-order valence-electron chi connectivity index (χ1n) is 6.49. The van der Waals surface area contributed by atoms with Crippen LogP contribution in [-0.4, -0.2) is 42.3 Å². The Kier molecular flexibility index (Phi) is 3.36. The average molecular weight is 294 g/mol. The zero-order valence-electron chi connectivity index (χ0n) is 11.8. The second-order valence-corrected chi connectivity index (χ2v) is 6.20. The van der Waals surface area contributed by atoms with Crippen LogP contribution in [0.5, 0.6) is 0 Å². The van der Waals surface area contributed by atoms with E-state index in [1.165, 1.54) is 17.4 Å². The van der Waals surface area contributed by atoms with Crippen molar-refractivity contribution in [3.05, 3.63) is 16.0 Å². The van der Waals surface area contributed by atoms with E-state index in [1.807, 2.05) is 12.1 Å². The summed E-state index contributed by atoms with van der Waals surface area (Å²) in [5.74, 6) is 0.760. The molecule has 0 atom stereocenters. The summed E-state index contributed by atoms with van der Waals surface area (Å²) >= 11 is 1.65. The van der Waals surface area contributed by atoms with E-state index in [1.54, 1.807) is 11.3 Å². The van der Waals surface area contributed by atoms with Gasteiger partial charge in [-0.3, -0.25) is 9.80 Å². The van der Waals surface area contributed by atoms with E-state index in [-0.39, 0.29) is 5.91 Å². The van der Waals surface area contributed by atoms with Crippen LogP contribution in [0.4, 0.5) is 5.00 Å². The Morgan fingerprint density at radius 3 is 2.90 bits per heavy atom. The number of hydrazine groups is 2. The first-order valence-corrected chi connectivity index (χ1v) is 7.31. The number of nitrogens with one attached hydrogen (secondary N) is 3. The molecule has 1 aromatic rings. The lowest BCUT2D eigenvalue weighted by molar-refractivity contribution is -0.114. The molecule has 2 aliphatic rings. The van der Waals surface area contributed by atoms with Crippen LogP contribution < -0.4 is 16.4 Å². The Labute approximate surface area is 121 Å². The van der Waals surface area contributed by atoms with Gasteiger partial charge in [0.15, 0.2) is 5.84 Å². The third-order valence-corrected chi connectivity index (χ3v) is 4.59. The van der Waals surface area contributed by atoms with Crippen LogP contribution in [0.25, 0.3) is 0 Å². The summed E-state index contributed by atoms with van der Waals surface area (Å²) in [5, 5.41) is 9.93. The number of thiophene rings is 1. The van der Waals surface area contributed by atoms with Gasteiger partial charge in [-0.25, -0.2) is 5.53 Å². The Morgan fingerprint density at radius 2 is 2.25 bits per heavy atom. The third kappa shape index (κ3) is 2.26. The van der Waals surface area contributed by atoms with Crippen molar-refractivity contribution >= 4 is 28.1 Å². The molecular weight excluding hydrogens is 276 g/mol. The van der Waals surface area contributed by atoms with Crippen molar-refractivity contribution in [2.24, 2.45) is 5.10 Å². The number of amidine groups is 1. The highest BCUT2D eigenvalue weighted by Gasteiger charge is 2.29. The van der Waals surface area contributed by atoms with Crippen LogP contribution in [0, 0.1) is 0 Å². The van der Waals surface area contributed by atoms with E-state index in [0.717, 1.165) is 35.9 Å². The van der Waals surface area contributed by atoms with Crippen LogP contribution in [-0.2, 0) is 17.8 Å². The van der Waals surface area contributed by atoms with Gasteiger partial charge < -0.3 is 10.2 Å². The second kappa shape index (κ2) is 5.04. The van der Waals surface area contributed by atoms with Gasteiger partial charge in [-0.2, -0.15) is 0 Å². The molecule has 0 bridgehead atoms. The fraction of sp³-hybridized carbons (Fsp3) is 0.500. The second-order valence-electron chi connectivity index (χ2n) is 5.09. The van der Waals surface area contributed by atoms with Crippen molar-refractivity contribution in [1.29, 1.82) is 0 Å². The molecule has 0 unspecified atom stereocenters. The number of fused-ring (bicyclic) bond motifs is 1. The molecular formula is C12H18N6OS. The van der Waals surface area contributed by atoms with Crippen LogP contribution in [0.1, 0.15) is 22.9 Å². The molecule has 2 aliphatic heterocycles. The van der Waals surface area contributed by atoms with Gasteiger partial charge in [-0.1, -0.05) is 0 Å². The minimum Gasteiger partial charge on any atom is -0.317 e. The number of hydrazone groups is 1. The Morgan fingerprint density at radius 1 is 1.45 bits per heavy atom. The molecule has 0 spiro atoms. The average Bonchev–Trinajstić information content (AvgIpc) is 2.91. The maximum atomic E-state index is 11.4. The monoisotopic (exact) mass is 294 g/mol. The zero-order chi connectivity index (χ0) is 14.3. The van der Waals surface area contributed by atoms with E-state index in [4.69, 9.17) is 0 Å². The molecule has 20 heavy (non-hydrogen) atoms. The number of likely N-dealkylation sites (N-methyl/N-ethyl adjacent to an activating group) is 1. The van der Waals surface area contributed by atoms with E-state index in [0.29, 0.717) is 0 Å². The molecule has 7 nitrogen and oxygen atoms in total. The van der Waals surface area contributed by atoms with Gasteiger partial charge in [0.2, 0.25) is 5.91 Å². The summed E-state index contributed by atoms with van der Waals surface area (Å²) in [5.41, 5.74) is 8.00. The van der Waals surface area contributed by atoms with Crippen LogP contribution in [0.2, 0.25) is 0 Å². The van der Waals surface area contributed by atoms with E-state index in [2.05, 4.69) is 33.4 Å². The third-order valence-electron chi connectivity index (χ3n) is 3.46. The molecule has 3 N–H and O–H groups in total. The minimum absolute atomic E-state index is 0.0552. The van der Waals surface area contributed by atoms with Crippen molar-refractivity contribution in [1.82, 2.24) is 21.0 Å². The maximum absolute atomic E-state index is 11.4. The van der Waals surface area contributed by atoms with Gasteiger partial charge in [0.1, 0.15) is 5.00 Å². The molecule has 108 valence electrons. The summed E-state index contributed by atoms with van der Waals surface area (Å²) in [4.78, 5) is 15.0. The van der Waals surface area contributed by atoms with Gasteiger partial charge in [0.25, 0.3) is 0 Å².